The van der Waals surface area contributed by atoms with E-state index in [-0.39, 0.29) is 73.4 Å². The van der Waals surface area contributed by atoms with Crippen LogP contribution in [-0.2, 0) is 47.4 Å². The van der Waals surface area contributed by atoms with Crippen molar-refractivity contribution in [3.63, 3.8) is 0 Å². The average molecular weight is 799 g/mol. The Morgan fingerprint density at radius 3 is 2.29 bits per heavy atom. The van der Waals surface area contributed by atoms with Crippen LogP contribution in [0.1, 0.15) is 90.4 Å². The monoisotopic (exact) mass is 798 g/mol. The second kappa shape index (κ2) is 15.2. The third-order valence-corrected chi connectivity index (χ3v) is 14.4. The van der Waals surface area contributed by atoms with Crippen LogP contribution < -0.4 is 0 Å². The molecule has 0 saturated carbocycles. The van der Waals surface area contributed by atoms with Gasteiger partial charge in [-0.3, -0.25) is 4.79 Å². The van der Waals surface area contributed by atoms with Crippen molar-refractivity contribution in [1.29, 1.82) is 0 Å². The number of ether oxygens (including phenoxy) is 9. The molecular weight excluding hydrogens is 741 g/mol. The minimum absolute atomic E-state index is 0.0105. The molecule has 0 radical (unpaired) electrons. The molecule has 12 nitrogen and oxygen atoms in total. The Bertz CT molecular complexity index is 1510. The van der Waals surface area contributed by atoms with Crippen LogP contribution in [0.5, 0.6) is 0 Å². The molecule has 20 unspecified atom stereocenters. The summed E-state index contributed by atoms with van der Waals surface area (Å²) in [5.74, 6) is -1.40. The smallest absolute Gasteiger partial charge is 0.390 e. The summed E-state index contributed by atoms with van der Waals surface area (Å²) in [5, 5.41) is 20.3. The molecule has 10 aliphatic rings. The van der Waals surface area contributed by atoms with Crippen LogP contribution >= 0.6 is 0 Å². The van der Waals surface area contributed by atoms with E-state index in [0.29, 0.717) is 32.1 Å². The van der Waals surface area contributed by atoms with Crippen molar-refractivity contribution in [3.05, 3.63) is 24.3 Å². The lowest BCUT2D eigenvalue weighted by atomic mass is 9.81. The predicted octanol–water partition coefficient (Wildman–Crippen LogP) is 4.40. The number of methoxy groups -OCH3 is 1. The first-order valence-corrected chi connectivity index (χ1v) is 20.8. The van der Waals surface area contributed by atoms with E-state index in [0.717, 1.165) is 43.3 Å². The Kier molecular flexibility index (Phi) is 10.8. The number of hydrogen-bond acceptors (Lipinski definition) is 12. The Hall–Kier alpha value is -1.50. The van der Waals surface area contributed by atoms with Gasteiger partial charge in [-0.05, 0) is 62.0 Å². The maximum atomic E-state index is 14.1. The molecule has 0 aromatic rings. The van der Waals surface area contributed by atoms with Gasteiger partial charge in [0.15, 0.2) is 11.9 Å². The fourth-order valence-electron chi connectivity index (χ4n) is 11.5. The summed E-state index contributed by atoms with van der Waals surface area (Å²) in [5.41, 5.74) is 1.95. The highest BCUT2D eigenvalue weighted by Gasteiger charge is 2.69. The highest BCUT2D eigenvalue weighted by atomic mass is 19.4. The number of ketones is 1. The lowest BCUT2D eigenvalue weighted by Crippen LogP contribution is -2.61. The first-order valence-electron chi connectivity index (χ1n) is 20.8. The molecule has 10 aliphatic heterocycles. The molecule has 15 heteroatoms. The summed E-state index contributed by atoms with van der Waals surface area (Å²) in [4.78, 5) is 14.1. The van der Waals surface area contributed by atoms with Crippen molar-refractivity contribution in [1.82, 2.24) is 0 Å². The number of hydrogen-bond donors (Lipinski definition) is 2. The normalized spacial score (nSPS) is 50.4. The molecular formula is C41H57F3O12. The van der Waals surface area contributed by atoms with Crippen molar-refractivity contribution < 1.29 is 70.8 Å². The van der Waals surface area contributed by atoms with Crippen LogP contribution in [0.15, 0.2) is 24.3 Å². The molecule has 10 saturated heterocycles. The van der Waals surface area contributed by atoms with Crippen LogP contribution in [0.2, 0.25) is 0 Å². The molecule has 0 aromatic heterocycles. The molecule has 20 atom stereocenters. The van der Waals surface area contributed by atoms with Gasteiger partial charge in [0, 0.05) is 51.6 Å². The maximum Gasteiger partial charge on any atom is 0.416 e. The Morgan fingerprint density at radius 1 is 0.786 bits per heavy atom. The van der Waals surface area contributed by atoms with Crippen molar-refractivity contribution in [2.24, 2.45) is 11.8 Å². The predicted molar refractivity (Wildman–Crippen MR) is 189 cm³/mol. The van der Waals surface area contributed by atoms with Gasteiger partial charge in [-0.2, -0.15) is 13.2 Å². The molecule has 1 spiro atoms. The zero-order chi connectivity index (χ0) is 39.3. The second-order valence-corrected chi connectivity index (χ2v) is 18.1. The van der Waals surface area contributed by atoms with Gasteiger partial charge in [-0.15, -0.1) is 0 Å². The van der Waals surface area contributed by atoms with Crippen molar-refractivity contribution in [2.45, 2.75) is 206 Å². The molecule has 10 rings (SSSR count). The minimum Gasteiger partial charge on any atom is -0.390 e. The SMILES string of the molecule is C=C1CC2CCC34CC5OC6C(OC7CCC(CC(=O)CC8C(CC9OC(CCC1O2)CC(C)C9=C)OC(CC(O)C(O)C(F)(F)F)C8OC)OC7C6O3)C5O4. The number of alkyl halides is 3. The van der Waals surface area contributed by atoms with Crippen LogP contribution in [0.4, 0.5) is 13.2 Å². The van der Waals surface area contributed by atoms with Crippen LogP contribution in [0, 0.1) is 11.8 Å². The molecule has 10 fully saturated rings. The van der Waals surface area contributed by atoms with Gasteiger partial charge in [0.25, 0.3) is 0 Å². The molecule has 2 N–H and O–H groups in total. The van der Waals surface area contributed by atoms with Gasteiger partial charge in [-0.25, -0.2) is 0 Å². The fourth-order valence-corrected chi connectivity index (χ4v) is 11.5. The highest BCUT2D eigenvalue weighted by molar-refractivity contribution is 5.79. The fraction of sp³-hybridized carbons (Fsp3) is 0.878. The van der Waals surface area contributed by atoms with E-state index >= 15 is 0 Å². The lowest BCUT2D eigenvalue weighted by molar-refractivity contribution is -0.292. The summed E-state index contributed by atoms with van der Waals surface area (Å²) in [6, 6.07) is 0. The number of carbonyl (C=O) groups is 1. The molecule has 12 bridgehead atoms. The van der Waals surface area contributed by atoms with E-state index in [4.69, 9.17) is 42.6 Å². The lowest BCUT2D eigenvalue weighted by Gasteiger charge is -2.47. The number of Topliss-reactive ketones (excluding diaryl/α,β-unsaturated/α-hetero) is 1. The Labute approximate surface area is 325 Å². The molecule has 0 aromatic carbocycles. The number of rotatable bonds is 4. The molecule has 10 heterocycles. The number of fused-ring (bicyclic) bond motifs is 6. The largest absolute Gasteiger partial charge is 0.416 e. The van der Waals surface area contributed by atoms with Gasteiger partial charge in [-0.1, -0.05) is 20.1 Å². The number of aliphatic hydroxyl groups is 2. The maximum absolute atomic E-state index is 14.1. The Balaban J connectivity index is 0.989. The Morgan fingerprint density at radius 2 is 1.50 bits per heavy atom. The summed E-state index contributed by atoms with van der Waals surface area (Å²) in [6.07, 6.45) is -9.72. The summed E-state index contributed by atoms with van der Waals surface area (Å²) >= 11 is 0. The van der Waals surface area contributed by atoms with E-state index in [9.17, 15) is 28.2 Å². The van der Waals surface area contributed by atoms with E-state index in [2.05, 4.69) is 20.1 Å². The topological polar surface area (TPSA) is 141 Å². The zero-order valence-electron chi connectivity index (χ0n) is 32.2. The first-order chi connectivity index (χ1) is 26.7. The van der Waals surface area contributed by atoms with Crippen LogP contribution in [0.25, 0.3) is 0 Å². The molecule has 0 amide bonds. The number of halogens is 3. The van der Waals surface area contributed by atoms with Crippen molar-refractivity contribution in [3.8, 4) is 0 Å². The van der Waals surface area contributed by atoms with E-state index in [1.807, 2.05) is 0 Å². The van der Waals surface area contributed by atoms with Crippen LogP contribution in [0.3, 0.4) is 0 Å². The number of carbonyl (C=O) groups excluding carboxylic acids is 1. The quantitative estimate of drug-likeness (QED) is 0.390. The summed E-state index contributed by atoms with van der Waals surface area (Å²) in [7, 11) is 1.42. The van der Waals surface area contributed by atoms with E-state index < -0.39 is 79.2 Å². The van der Waals surface area contributed by atoms with Crippen molar-refractivity contribution >= 4 is 5.78 Å². The first kappa shape index (κ1) is 39.9. The highest BCUT2D eigenvalue weighted by Crippen LogP contribution is 2.54. The third kappa shape index (κ3) is 7.36. The van der Waals surface area contributed by atoms with Crippen molar-refractivity contribution in [2.75, 3.05) is 7.11 Å². The third-order valence-electron chi connectivity index (χ3n) is 14.4. The minimum atomic E-state index is -5.02. The average Bonchev–Trinajstić information content (AvgIpc) is 3.82. The summed E-state index contributed by atoms with van der Waals surface area (Å²) in [6.45, 7) is 10.9. The second-order valence-electron chi connectivity index (χ2n) is 18.1. The van der Waals surface area contributed by atoms with Gasteiger partial charge >= 0.3 is 6.18 Å². The molecule has 314 valence electrons. The van der Waals surface area contributed by atoms with Gasteiger partial charge < -0.3 is 52.8 Å². The number of aliphatic hydroxyl groups excluding tert-OH is 2. The summed E-state index contributed by atoms with van der Waals surface area (Å²) < 4.78 is 99.3. The van der Waals surface area contributed by atoms with E-state index in [1.165, 1.54) is 7.11 Å². The van der Waals surface area contributed by atoms with E-state index in [1.54, 1.807) is 0 Å². The molecule has 0 aliphatic carbocycles. The zero-order valence-corrected chi connectivity index (χ0v) is 32.2. The van der Waals surface area contributed by atoms with Gasteiger partial charge in [0.2, 0.25) is 0 Å². The molecule has 56 heavy (non-hydrogen) atoms. The standard InChI is InChI=1S/C41H57F3O12/c1-18-11-22-5-7-27-19(2)12-24(49-27)9-10-40-17-32-35(55-40)36-37(54-32)38(56-40)34-28(53-36)8-6-23(51-34)13-21(45)14-25-30(16-29(50-22)20(18)3)52-31(33(25)48-4)15-26(46)39(47)41(42,43)44/h18,22-39,46-47H,2-3,5-17H2,1,4H3. The van der Waals surface area contributed by atoms with Gasteiger partial charge in [0.05, 0.1) is 67.1 Å². The van der Waals surface area contributed by atoms with Gasteiger partial charge in [0.1, 0.15) is 36.3 Å². The van der Waals surface area contributed by atoms with Crippen LogP contribution in [-0.4, -0.2) is 139 Å².